The van der Waals surface area contributed by atoms with E-state index >= 15 is 0 Å². The van der Waals surface area contributed by atoms with Crippen molar-refractivity contribution in [3.05, 3.63) is 24.0 Å². The van der Waals surface area contributed by atoms with Gasteiger partial charge >= 0.3 is 5.97 Å². The lowest BCUT2D eigenvalue weighted by Gasteiger charge is -2.67. The number of fused-ring (bicyclic) bond motifs is 2. The van der Waals surface area contributed by atoms with Crippen molar-refractivity contribution in [2.45, 2.75) is 281 Å². The first kappa shape index (κ1) is 51.8. The molecule has 3 saturated heterocycles. The Hall–Kier alpha value is -1.65. The molecule has 18 unspecified atom stereocenters. The number of ether oxygens (including phenoxy) is 8. The maximum Gasteiger partial charge on any atom is 0.303 e. The van der Waals surface area contributed by atoms with Crippen molar-refractivity contribution in [2.75, 3.05) is 6.61 Å². The summed E-state index contributed by atoms with van der Waals surface area (Å²) >= 11 is 0. The molecular weight excluding hydrogens is 893 g/mol. The van der Waals surface area contributed by atoms with Gasteiger partial charge < -0.3 is 58.3 Å². The third-order valence-electron chi connectivity index (χ3n) is 22.8. The molecule has 0 radical (unpaired) electrons. The summed E-state index contributed by atoms with van der Waals surface area (Å²) in [5.41, 5.74) is -8.65. The molecule has 0 aromatic heterocycles. The Bertz CT molecular complexity index is 2250. The lowest BCUT2D eigenvalue weighted by Crippen LogP contribution is -2.76. The lowest BCUT2D eigenvalue weighted by atomic mass is 9.40. The molecule has 396 valence electrons. The minimum absolute atomic E-state index is 0.0141. The molecule has 10 rings (SSSR count). The fourth-order valence-corrected chi connectivity index (χ4v) is 19.6. The first-order valence-electron chi connectivity index (χ1n) is 26.8. The highest BCUT2D eigenvalue weighted by Crippen LogP contribution is 2.99. The molecule has 0 bridgehead atoms. The Labute approximate surface area is 418 Å². The van der Waals surface area contributed by atoms with Crippen LogP contribution in [-0.4, -0.2) is 113 Å². The molecule has 6 saturated carbocycles. The van der Waals surface area contributed by atoms with Gasteiger partial charge in [0.2, 0.25) is 0 Å². The summed E-state index contributed by atoms with van der Waals surface area (Å²) in [5.74, 6) is -2.94. The fourth-order valence-electron chi connectivity index (χ4n) is 19.6. The van der Waals surface area contributed by atoms with E-state index in [4.69, 9.17) is 37.9 Å². The van der Waals surface area contributed by atoms with Gasteiger partial charge in [0, 0.05) is 31.6 Å². The Balaban J connectivity index is 0.827. The van der Waals surface area contributed by atoms with Crippen LogP contribution in [0, 0.1) is 38.9 Å². The van der Waals surface area contributed by atoms with E-state index in [2.05, 4.69) is 33.4 Å². The van der Waals surface area contributed by atoms with Crippen LogP contribution in [0.3, 0.4) is 0 Å². The molecule has 10 aliphatic rings. The van der Waals surface area contributed by atoms with Crippen molar-refractivity contribution in [1.82, 2.24) is 0 Å². The second kappa shape index (κ2) is 14.2. The van der Waals surface area contributed by atoms with Gasteiger partial charge in [-0.2, -0.15) is 0 Å². The van der Waals surface area contributed by atoms with E-state index in [-0.39, 0.29) is 46.3 Å². The maximum atomic E-state index is 12.7. The molecule has 6 aliphatic carbocycles. The van der Waals surface area contributed by atoms with Gasteiger partial charge in [0.15, 0.2) is 23.0 Å². The number of aliphatic hydroxyl groups is 4. The highest BCUT2D eigenvalue weighted by Gasteiger charge is 2.96. The summed E-state index contributed by atoms with van der Waals surface area (Å²) in [5, 5.41) is 49.5. The fraction of sp³-hybridized carbons (Fsp3) is 0.912. The van der Waals surface area contributed by atoms with Gasteiger partial charge in [-0.3, -0.25) is 4.79 Å². The molecule has 9 fully saturated rings. The van der Waals surface area contributed by atoms with E-state index in [1.807, 2.05) is 41.5 Å². The van der Waals surface area contributed by atoms with Crippen molar-refractivity contribution < 1.29 is 63.1 Å². The number of aliphatic hydroxyl groups excluding tert-OH is 1. The summed E-state index contributed by atoms with van der Waals surface area (Å²) < 4.78 is 53.3. The monoisotopic (exact) mass is 983 g/mol. The van der Waals surface area contributed by atoms with Gasteiger partial charge in [-0.15, -0.1) is 0 Å². The topological polar surface area (TPSA) is 172 Å². The molecule has 0 amide bonds. The SMILES string of the molecule is C=C1C=C(C2CCC34CC35CCC3(C)CC(C)(OC6(C)CC(O)C(C)(OC7(C)CC(C)(O)C(OC8(C)CC(C)(O)C(C)(OC(C)=O)C(C)(C)O8)C(C)(C)O7)C(C)(C)O6)CCC3(C)C5CC3(O)CC234)CO1. The number of hydrogen-bond acceptors (Lipinski definition) is 13. The molecule has 13 nitrogen and oxygen atoms in total. The van der Waals surface area contributed by atoms with Gasteiger partial charge in [-0.25, -0.2) is 0 Å². The Morgan fingerprint density at radius 1 is 0.714 bits per heavy atom. The summed E-state index contributed by atoms with van der Waals surface area (Å²) in [6.45, 7) is 36.6. The minimum Gasteiger partial charge on any atom is -0.490 e. The zero-order valence-corrected chi connectivity index (χ0v) is 46.0. The molecule has 13 heteroatoms. The standard InChI is InChI=1S/C57H90O13/c1-34-25-36(28-63-34)37-19-20-55-32-54(55)24-21-44(9)29-45(10,22-23-46(44,11)38(54)26-56(62)33-57(37,55)56)69-49(14)27-39(59)52(17,42(5,6)67-49)70-51(16)30-47(12,60)40(41(3,4)66-51)65-50(15)31-48(13,61)53(18,64-35(2)58)43(7,8)68-50/h25,37-40,59-62H,1,19-24,26-33H2,2-18H3. The van der Waals surface area contributed by atoms with E-state index in [0.29, 0.717) is 18.4 Å². The van der Waals surface area contributed by atoms with Crippen LogP contribution in [0.25, 0.3) is 0 Å². The third kappa shape index (κ3) is 6.65. The molecule has 4 heterocycles. The number of carbonyl (C=O) groups is 1. The first-order chi connectivity index (χ1) is 31.6. The zero-order valence-electron chi connectivity index (χ0n) is 46.0. The van der Waals surface area contributed by atoms with Gasteiger partial charge in [0.25, 0.3) is 0 Å². The Morgan fingerprint density at radius 2 is 1.37 bits per heavy atom. The Kier molecular flexibility index (Phi) is 10.5. The van der Waals surface area contributed by atoms with E-state index in [9.17, 15) is 25.2 Å². The third-order valence-corrected chi connectivity index (χ3v) is 22.8. The largest absolute Gasteiger partial charge is 0.490 e. The summed E-state index contributed by atoms with van der Waals surface area (Å²) in [7, 11) is 0. The summed E-state index contributed by atoms with van der Waals surface area (Å²) in [6.07, 6.45) is 10.6. The van der Waals surface area contributed by atoms with Gasteiger partial charge in [-0.1, -0.05) is 20.4 Å². The highest BCUT2D eigenvalue weighted by molar-refractivity contribution is 5.67. The number of esters is 1. The highest BCUT2D eigenvalue weighted by atomic mass is 16.8. The number of carbonyl (C=O) groups excluding carboxylic acids is 1. The van der Waals surface area contributed by atoms with Crippen molar-refractivity contribution in [3.8, 4) is 0 Å². The van der Waals surface area contributed by atoms with Crippen LogP contribution in [0.2, 0.25) is 0 Å². The van der Waals surface area contributed by atoms with Gasteiger partial charge in [0.1, 0.15) is 35.3 Å². The van der Waals surface area contributed by atoms with E-state index < -0.39 is 85.9 Å². The van der Waals surface area contributed by atoms with Crippen LogP contribution in [-0.2, 0) is 42.7 Å². The van der Waals surface area contributed by atoms with Crippen molar-refractivity contribution in [1.29, 1.82) is 0 Å². The molecule has 70 heavy (non-hydrogen) atoms. The first-order valence-corrected chi connectivity index (χ1v) is 26.8. The lowest BCUT2D eigenvalue weighted by molar-refractivity contribution is -0.458. The molecule has 4 aliphatic heterocycles. The van der Waals surface area contributed by atoms with Crippen molar-refractivity contribution >= 4 is 5.97 Å². The van der Waals surface area contributed by atoms with Crippen LogP contribution < -0.4 is 0 Å². The smallest absolute Gasteiger partial charge is 0.303 e. The van der Waals surface area contributed by atoms with Gasteiger partial charge in [0.05, 0.1) is 34.1 Å². The predicted molar refractivity (Wildman–Crippen MR) is 261 cm³/mol. The molecule has 3 spiro atoms. The maximum absolute atomic E-state index is 12.7. The van der Waals surface area contributed by atoms with Crippen molar-refractivity contribution in [3.63, 3.8) is 0 Å². The number of hydrogen-bond donors (Lipinski definition) is 4. The van der Waals surface area contributed by atoms with Crippen LogP contribution in [0.1, 0.15) is 201 Å². The second-order valence-electron chi connectivity index (χ2n) is 29.0. The molecule has 0 aromatic rings. The average Bonchev–Trinajstić information content (AvgIpc) is 3.87. The Morgan fingerprint density at radius 3 is 1.96 bits per heavy atom. The molecule has 4 N–H and O–H groups in total. The van der Waals surface area contributed by atoms with Crippen LogP contribution in [0.5, 0.6) is 0 Å². The summed E-state index contributed by atoms with van der Waals surface area (Å²) in [4.78, 5) is 12.2. The number of allylic oxidation sites excluding steroid dienone is 1. The van der Waals surface area contributed by atoms with Gasteiger partial charge in [-0.05, 0) is 206 Å². The molecule has 0 aromatic carbocycles. The van der Waals surface area contributed by atoms with E-state index in [1.165, 1.54) is 31.8 Å². The normalized spacial score (nSPS) is 57.8. The van der Waals surface area contributed by atoms with Crippen molar-refractivity contribution in [2.24, 2.45) is 38.9 Å². The second-order valence-corrected chi connectivity index (χ2v) is 29.0. The molecule has 18 atom stereocenters. The zero-order chi connectivity index (χ0) is 51.8. The van der Waals surface area contributed by atoms with Crippen LogP contribution >= 0.6 is 0 Å². The van der Waals surface area contributed by atoms with Crippen LogP contribution in [0.15, 0.2) is 24.0 Å². The minimum atomic E-state index is -1.58. The van der Waals surface area contributed by atoms with E-state index in [0.717, 1.165) is 50.7 Å². The molecular formula is C57H90O13. The average molecular weight is 983 g/mol. The van der Waals surface area contributed by atoms with Crippen LogP contribution in [0.4, 0.5) is 0 Å². The number of rotatable bonds is 8. The summed E-state index contributed by atoms with van der Waals surface area (Å²) in [6, 6.07) is 0. The quantitative estimate of drug-likeness (QED) is 0.134. The van der Waals surface area contributed by atoms with E-state index in [1.54, 1.807) is 48.5 Å². The predicted octanol–water partition coefficient (Wildman–Crippen LogP) is 9.24.